The van der Waals surface area contributed by atoms with Crippen molar-refractivity contribution in [3.05, 3.63) is 58.4 Å². The summed E-state index contributed by atoms with van der Waals surface area (Å²) in [4.78, 5) is 132. The number of benzene rings is 3. The molecular weight excluding hydrogens is 1150 g/mol. The first-order valence-corrected chi connectivity index (χ1v) is 28.1. The van der Waals surface area contributed by atoms with E-state index < -0.39 is 113 Å². The zero-order valence-corrected chi connectivity index (χ0v) is 52.5. The fraction of sp³-hybridized carbons (Fsp3) is 0.475. The second-order valence-electron chi connectivity index (χ2n) is 23.8. The molecule has 1 aliphatic rings. The second-order valence-corrected chi connectivity index (χ2v) is 23.8. The number of carbonyl (C=O) groups excluding carboxylic acids is 9. The molecule has 0 bridgehead atoms. The summed E-state index contributed by atoms with van der Waals surface area (Å²) in [6, 6.07) is 3.57. The molecule has 6 N–H and O–H groups in total. The van der Waals surface area contributed by atoms with Crippen LogP contribution in [0.15, 0.2) is 51.7 Å². The summed E-state index contributed by atoms with van der Waals surface area (Å²) in [6.07, 6.45) is -2.27. The number of fused-ring (bicyclic) bond motifs is 7. The number of rotatable bonds is 19. The highest BCUT2D eigenvalue weighted by atomic mass is 16.6. The van der Waals surface area contributed by atoms with E-state index in [0.717, 1.165) is 0 Å². The van der Waals surface area contributed by atoms with E-state index in [1.54, 1.807) is 91.1 Å². The molecule has 88 heavy (non-hydrogen) atoms. The Morgan fingerprint density at radius 2 is 0.886 bits per heavy atom. The van der Waals surface area contributed by atoms with Crippen molar-refractivity contribution < 1.29 is 90.2 Å². The second kappa shape index (κ2) is 27.0. The number of carbonyl (C=O) groups is 9. The predicted molar refractivity (Wildman–Crippen MR) is 318 cm³/mol. The molecule has 6 rings (SSSR count). The van der Waals surface area contributed by atoms with Gasteiger partial charge in [-0.2, -0.15) is 0 Å². The predicted octanol–water partition coefficient (Wildman–Crippen LogP) is 6.63. The smallest absolute Gasteiger partial charge is 0.408 e. The van der Waals surface area contributed by atoms with Crippen LogP contribution in [0, 0.1) is 0 Å². The van der Waals surface area contributed by atoms with Crippen molar-refractivity contribution >= 4 is 75.8 Å². The molecule has 3 heterocycles. The quantitative estimate of drug-likeness (QED) is 0.0218. The fourth-order valence-electron chi connectivity index (χ4n) is 8.93. The molecule has 2 aromatic heterocycles. The highest BCUT2D eigenvalue weighted by Crippen LogP contribution is 2.50. The minimum absolute atomic E-state index is 0.00613. The number of aromatic nitrogens is 1. The summed E-state index contributed by atoms with van der Waals surface area (Å²) < 4.78 is 58.3. The largest absolute Gasteiger partial charge is 0.493 e. The van der Waals surface area contributed by atoms with Crippen molar-refractivity contribution in [3.8, 4) is 56.9 Å². The molecule has 1 aliphatic heterocycles. The Bertz CT molecular complexity index is 3620. The first-order chi connectivity index (χ1) is 40.9. The third-order valence-corrected chi connectivity index (χ3v) is 13.0. The van der Waals surface area contributed by atoms with Crippen LogP contribution in [0.25, 0.3) is 44.3 Å². The lowest BCUT2D eigenvalue weighted by Gasteiger charge is -2.24. The highest BCUT2D eigenvalue weighted by molar-refractivity contribution is 6.17. The van der Waals surface area contributed by atoms with E-state index in [1.165, 1.54) is 81.1 Å². The van der Waals surface area contributed by atoms with Gasteiger partial charge in [0, 0.05) is 34.5 Å². The number of nitrogens with zero attached hydrogens (tertiary/aromatic N) is 1. The molecule has 0 fully saturated rings. The van der Waals surface area contributed by atoms with Gasteiger partial charge in [-0.3, -0.25) is 14.4 Å². The molecule has 0 saturated heterocycles. The Kier molecular flexibility index (Phi) is 20.7. The number of esters is 3. The van der Waals surface area contributed by atoms with E-state index in [-0.39, 0.29) is 63.9 Å². The maximum absolute atomic E-state index is 14.6. The molecule has 0 radical (unpaired) electrons. The average molecular weight is 1230 g/mol. The molecule has 0 aliphatic carbocycles. The van der Waals surface area contributed by atoms with Gasteiger partial charge in [0.2, 0.25) is 17.7 Å². The molecule has 3 aromatic carbocycles. The van der Waals surface area contributed by atoms with Crippen LogP contribution in [0.5, 0.6) is 34.5 Å². The lowest BCUT2D eigenvalue weighted by Crippen LogP contribution is -2.50. The first-order valence-electron chi connectivity index (χ1n) is 28.1. The Morgan fingerprint density at radius 3 is 1.31 bits per heavy atom. The number of alkyl carbamates (subject to hydrolysis) is 3. The van der Waals surface area contributed by atoms with Crippen LogP contribution in [0.2, 0.25) is 0 Å². The van der Waals surface area contributed by atoms with Crippen LogP contribution in [0.3, 0.4) is 0 Å². The number of hydrogen-bond donors (Lipinski definition) is 6. The third-order valence-electron chi connectivity index (χ3n) is 13.0. The van der Waals surface area contributed by atoms with Crippen LogP contribution in [0.1, 0.15) is 109 Å². The van der Waals surface area contributed by atoms with Gasteiger partial charge in [0.15, 0.2) is 34.5 Å². The Balaban J connectivity index is 1.42. The highest BCUT2D eigenvalue weighted by Gasteiger charge is 2.34. The molecule has 27 nitrogen and oxygen atoms in total. The van der Waals surface area contributed by atoms with Crippen LogP contribution < -0.4 is 65.9 Å². The van der Waals surface area contributed by atoms with Crippen molar-refractivity contribution in [2.75, 3.05) is 21.3 Å². The summed E-state index contributed by atoms with van der Waals surface area (Å²) in [5, 5.41) is 15.4. The van der Waals surface area contributed by atoms with Gasteiger partial charge < -0.3 is 83.5 Å². The maximum Gasteiger partial charge on any atom is 0.408 e. The number of ether oxygens (including phenoxy) is 9. The molecular formula is C61H77N7O20. The van der Waals surface area contributed by atoms with E-state index in [2.05, 4.69) is 31.9 Å². The van der Waals surface area contributed by atoms with E-state index in [0.29, 0.717) is 33.3 Å². The molecule has 5 aromatic rings. The number of nitrogens with one attached hydrogen (secondary N) is 6. The number of methoxy groups -OCH3 is 3. The summed E-state index contributed by atoms with van der Waals surface area (Å²) >= 11 is 0. The van der Waals surface area contributed by atoms with Crippen molar-refractivity contribution in [2.45, 2.75) is 170 Å². The molecule has 27 heteroatoms. The van der Waals surface area contributed by atoms with Crippen LogP contribution in [-0.2, 0) is 55.9 Å². The zero-order valence-electron chi connectivity index (χ0n) is 52.5. The Labute approximate surface area is 507 Å². The normalized spacial score (nSPS) is 14.1. The maximum atomic E-state index is 14.6. The van der Waals surface area contributed by atoms with Gasteiger partial charge >= 0.3 is 41.8 Å². The SMILES string of the molecule is COc1cc(-c2c3n(c4c(=O)oc5cc(OC(=O)[C@H](C)NC(=O)[C@H](C)NC(=O)OC(C)(C)C)c(OC)cc5c24)CCc2cc(OC(=O)[C@H](C)NC(=O)[C@H](C)NC(=O)OC(C)(C)C)c(OC)cc2-3)ccc1OC(=O)[C@H](C)NC(=O)[C@H](C)NC(=O)OC(C)(C)C. The van der Waals surface area contributed by atoms with Gasteiger partial charge in [0.05, 0.1) is 27.0 Å². The van der Waals surface area contributed by atoms with Gasteiger partial charge in [-0.1, -0.05) is 6.07 Å². The average Bonchev–Trinajstić information content (AvgIpc) is 1.54. The molecule has 0 saturated carbocycles. The summed E-state index contributed by atoms with van der Waals surface area (Å²) in [5.41, 5.74) is -0.950. The summed E-state index contributed by atoms with van der Waals surface area (Å²) in [7, 11) is 4.01. The van der Waals surface area contributed by atoms with Crippen molar-refractivity contribution in [1.29, 1.82) is 0 Å². The van der Waals surface area contributed by atoms with Crippen molar-refractivity contribution in [2.24, 2.45) is 0 Å². The fourth-order valence-corrected chi connectivity index (χ4v) is 8.93. The molecule has 0 spiro atoms. The minimum atomic E-state index is -1.28. The van der Waals surface area contributed by atoms with Crippen molar-refractivity contribution in [1.82, 2.24) is 36.5 Å². The lowest BCUT2D eigenvalue weighted by molar-refractivity contribution is -0.139. The third kappa shape index (κ3) is 16.7. The van der Waals surface area contributed by atoms with Gasteiger partial charge in [-0.15, -0.1) is 0 Å². The summed E-state index contributed by atoms with van der Waals surface area (Å²) in [6.45, 7) is 23.5. The zero-order chi connectivity index (χ0) is 65.7. The van der Waals surface area contributed by atoms with E-state index >= 15 is 0 Å². The first kappa shape index (κ1) is 67.6. The number of hydrogen-bond acceptors (Lipinski definition) is 20. The van der Waals surface area contributed by atoms with Gasteiger partial charge in [-0.25, -0.2) is 33.6 Å². The van der Waals surface area contributed by atoms with E-state index in [4.69, 9.17) is 47.0 Å². The topological polar surface area (TPSA) is 344 Å². The van der Waals surface area contributed by atoms with Crippen LogP contribution in [-0.4, -0.2) is 133 Å². The van der Waals surface area contributed by atoms with E-state index in [1.807, 2.05) is 0 Å². The van der Waals surface area contributed by atoms with Gasteiger partial charge in [-0.05, 0) is 152 Å². The van der Waals surface area contributed by atoms with Gasteiger partial charge in [0.1, 0.15) is 64.2 Å². The van der Waals surface area contributed by atoms with Gasteiger partial charge in [0.25, 0.3) is 0 Å². The van der Waals surface area contributed by atoms with Crippen LogP contribution in [0.4, 0.5) is 14.4 Å². The molecule has 476 valence electrons. The molecule has 6 atom stereocenters. The number of aryl methyl sites for hydroxylation is 2. The molecule has 6 amide bonds. The van der Waals surface area contributed by atoms with Crippen molar-refractivity contribution in [3.63, 3.8) is 0 Å². The van der Waals surface area contributed by atoms with E-state index in [9.17, 15) is 47.9 Å². The number of amides is 6. The minimum Gasteiger partial charge on any atom is -0.493 e. The summed E-state index contributed by atoms with van der Waals surface area (Å²) in [5.74, 6) is -5.05. The molecule has 0 unspecified atom stereocenters. The lowest BCUT2D eigenvalue weighted by atomic mass is 9.91. The standard InChI is InChI=1S/C61H77N7O20/c1-28(65-56(76)86-59(7,8)9)49(69)62-31(4)52(72)82-38-20-19-35(24-40(38)79-16)45-46-37-26-42(81-18)44(85-54(74)33(6)64-51(71)30(3)67-58(78)88-61(13,14)15)27-39(37)83-55(75)48(46)68-22-21-34-23-43(41(80-17)25-36(34)47(45)68)84-53(73)32(5)63-50(70)29(2)66-57(77)87-60(10,11)12/h19-20,23-33H,21-22H2,1-18H3,(H,62,69)(H,63,70)(H,64,71)(H,65,76)(H,66,77)(H,67,78)/t28-,29-,30-,31-,32-,33-/m0/s1. The Morgan fingerprint density at radius 1 is 0.489 bits per heavy atom. The van der Waals surface area contributed by atoms with Crippen LogP contribution >= 0.6 is 0 Å². The monoisotopic (exact) mass is 1230 g/mol. The Hall–Kier alpha value is -9.56.